The lowest BCUT2D eigenvalue weighted by Crippen LogP contribution is -2.53. The third kappa shape index (κ3) is 2.13. The molecule has 3 heterocycles. The minimum atomic E-state index is -1.19. The summed E-state index contributed by atoms with van der Waals surface area (Å²) >= 11 is 0. The van der Waals surface area contributed by atoms with E-state index in [0.717, 1.165) is 19.6 Å². The van der Waals surface area contributed by atoms with Crippen LogP contribution in [0.2, 0.25) is 0 Å². The number of piperazine rings is 1. The van der Waals surface area contributed by atoms with Gasteiger partial charge in [-0.3, -0.25) is 4.79 Å². The molecular formula is C14H19N2O4-. The molecule has 6 heteroatoms. The number of carbonyl (C=O) groups is 2. The monoisotopic (exact) mass is 279 g/mol. The van der Waals surface area contributed by atoms with Crippen molar-refractivity contribution in [2.75, 3.05) is 32.7 Å². The zero-order chi connectivity index (χ0) is 14.3. The minimum absolute atomic E-state index is 0.105. The summed E-state index contributed by atoms with van der Waals surface area (Å²) in [5.41, 5.74) is 0. The van der Waals surface area contributed by atoms with Gasteiger partial charge in [0.05, 0.1) is 18.1 Å². The van der Waals surface area contributed by atoms with Crippen molar-refractivity contribution in [3.63, 3.8) is 0 Å². The standard InChI is InChI=1S/C14H20N2O4/c1-2-15-5-7-16(8-6-15)13(17)11-9-3-4-10(20-9)12(11)14(18)19/h3-4,9-12H,2,5-8H2,1H3,(H,18,19)/p-1/t9-,10+,11?,12?/m0/s1. The van der Waals surface area contributed by atoms with Gasteiger partial charge in [0, 0.05) is 38.1 Å². The maximum Gasteiger partial charge on any atom is 0.229 e. The van der Waals surface area contributed by atoms with Crippen LogP contribution in [0.4, 0.5) is 0 Å². The predicted octanol–water partition coefficient (Wildman–Crippen LogP) is -1.53. The van der Waals surface area contributed by atoms with E-state index in [9.17, 15) is 14.7 Å². The van der Waals surface area contributed by atoms with E-state index < -0.39 is 30.0 Å². The van der Waals surface area contributed by atoms with E-state index >= 15 is 0 Å². The first-order valence-electron chi connectivity index (χ1n) is 7.17. The number of hydrogen-bond acceptors (Lipinski definition) is 5. The normalized spacial score (nSPS) is 36.5. The van der Waals surface area contributed by atoms with Gasteiger partial charge in [0.15, 0.2) is 0 Å². The summed E-state index contributed by atoms with van der Waals surface area (Å²) in [6.45, 7) is 6.07. The maximum absolute atomic E-state index is 12.6. The molecule has 0 saturated carbocycles. The molecule has 2 bridgehead atoms. The van der Waals surface area contributed by atoms with Crippen LogP contribution in [0.5, 0.6) is 0 Å². The summed E-state index contributed by atoms with van der Waals surface area (Å²) in [5.74, 6) is -2.76. The zero-order valence-corrected chi connectivity index (χ0v) is 11.5. The Bertz CT molecular complexity index is 442. The molecular weight excluding hydrogens is 260 g/mol. The molecule has 0 N–H and O–H groups in total. The van der Waals surface area contributed by atoms with Crippen LogP contribution in [0.25, 0.3) is 0 Å². The number of aliphatic carboxylic acids is 1. The van der Waals surface area contributed by atoms with Crippen LogP contribution in [0.3, 0.4) is 0 Å². The van der Waals surface area contributed by atoms with Gasteiger partial charge in [0.1, 0.15) is 0 Å². The van der Waals surface area contributed by atoms with Crippen LogP contribution in [-0.2, 0) is 14.3 Å². The van der Waals surface area contributed by atoms with Gasteiger partial charge in [0.2, 0.25) is 5.91 Å². The van der Waals surface area contributed by atoms with E-state index in [-0.39, 0.29) is 5.91 Å². The van der Waals surface area contributed by atoms with Crippen molar-refractivity contribution in [3.05, 3.63) is 12.2 Å². The lowest BCUT2D eigenvalue weighted by Gasteiger charge is -2.37. The minimum Gasteiger partial charge on any atom is -0.550 e. The Hall–Kier alpha value is -1.40. The first kappa shape index (κ1) is 13.6. The number of likely N-dealkylation sites (N-methyl/N-ethyl adjacent to an activating group) is 1. The van der Waals surface area contributed by atoms with Gasteiger partial charge in [-0.2, -0.15) is 0 Å². The van der Waals surface area contributed by atoms with Gasteiger partial charge in [0.25, 0.3) is 0 Å². The van der Waals surface area contributed by atoms with E-state index in [1.165, 1.54) is 0 Å². The summed E-state index contributed by atoms with van der Waals surface area (Å²) in [7, 11) is 0. The molecule has 1 amide bonds. The second-order valence-corrected chi connectivity index (χ2v) is 5.58. The third-order valence-corrected chi connectivity index (χ3v) is 4.59. The molecule has 2 fully saturated rings. The fourth-order valence-corrected chi connectivity index (χ4v) is 3.38. The molecule has 3 aliphatic rings. The first-order valence-corrected chi connectivity index (χ1v) is 7.17. The first-order chi connectivity index (χ1) is 9.61. The predicted molar refractivity (Wildman–Crippen MR) is 68.5 cm³/mol. The van der Waals surface area contributed by atoms with Crippen molar-refractivity contribution in [1.82, 2.24) is 9.80 Å². The molecule has 110 valence electrons. The third-order valence-electron chi connectivity index (χ3n) is 4.59. The fraction of sp³-hybridized carbons (Fsp3) is 0.714. The van der Waals surface area contributed by atoms with Crippen LogP contribution < -0.4 is 5.11 Å². The van der Waals surface area contributed by atoms with E-state index in [0.29, 0.717) is 13.1 Å². The summed E-state index contributed by atoms with van der Waals surface area (Å²) in [6.07, 6.45) is 2.62. The second kappa shape index (κ2) is 5.18. The van der Waals surface area contributed by atoms with Crippen LogP contribution >= 0.6 is 0 Å². The van der Waals surface area contributed by atoms with Gasteiger partial charge in [-0.15, -0.1) is 0 Å². The van der Waals surface area contributed by atoms with E-state index in [2.05, 4.69) is 11.8 Å². The number of ether oxygens (including phenoxy) is 1. The Kier molecular flexibility index (Phi) is 3.52. The van der Waals surface area contributed by atoms with Gasteiger partial charge in [-0.1, -0.05) is 19.1 Å². The van der Waals surface area contributed by atoms with Crippen molar-refractivity contribution >= 4 is 11.9 Å². The molecule has 3 aliphatic heterocycles. The molecule has 2 saturated heterocycles. The molecule has 6 nitrogen and oxygen atoms in total. The zero-order valence-electron chi connectivity index (χ0n) is 11.5. The Balaban J connectivity index is 1.71. The highest BCUT2D eigenvalue weighted by Crippen LogP contribution is 2.39. The average molecular weight is 279 g/mol. The van der Waals surface area contributed by atoms with E-state index in [1.54, 1.807) is 17.1 Å². The van der Waals surface area contributed by atoms with Crippen molar-refractivity contribution in [2.45, 2.75) is 19.1 Å². The summed E-state index contributed by atoms with van der Waals surface area (Å²) in [4.78, 5) is 27.9. The number of rotatable bonds is 3. The van der Waals surface area contributed by atoms with Crippen molar-refractivity contribution in [2.24, 2.45) is 11.8 Å². The van der Waals surface area contributed by atoms with Crippen LogP contribution in [-0.4, -0.2) is 66.6 Å². The fourth-order valence-electron chi connectivity index (χ4n) is 3.38. The molecule has 4 atom stereocenters. The second-order valence-electron chi connectivity index (χ2n) is 5.58. The number of fused-ring (bicyclic) bond motifs is 2. The summed E-state index contributed by atoms with van der Waals surface area (Å²) in [6, 6.07) is 0. The number of carboxylic acid groups (broad SMARTS) is 1. The Morgan fingerprint density at radius 3 is 2.30 bits per heavy atom. The summed E-state index contributed by atoms with van der Waals surface area (Å²) < 4.78 is 5.52. The molecule has 0 radical (unpaired) electrons. The van der Waals surface area contributed by atoms with E-state index in [1.807, 2.05) is 0 Å². The van der Waals surface area contributed by atoms with Gasteiger partial charge >= 0.3 is 0 Å². The molecule has 0 aromatic heterocycles. The van der Waals surface area contributed by atoms with Gasteiger partial charge in [-0.25, -0.2) is 0 Å². The maximum atomic E-state index is 12.6. The molecule has 0 aromatic rings. The molecule has 2 unspecified atom stereocenters. The van der Waals surface area contributed by atoms with Gasteiger partial charge in [-0.05, 0) is 6.54 Å². The SMILES string of the molecule is CCN1CCN(C(=O)C2C(C(=O)[O-])[C@H]3C=C[C@@H]2O3)CC1. The van der Waals surface area contributed by atoms with Crippen LogP contribution in [0, 0.1) is 11.8 Å². The van der Waals surface area contributed by atoms with E-state index in [4.69, 9.17) is 4.74 Å². The number of carbonyl (C=O) groups excluding carboxylic acids is 2. The highest BCUT2D eigenvalue weighted by molar-refractivity contribution is 5.86. The molecule has 0 aromatic carbocycles. The largest absolute Gasteiger partial charge is 0.550 e. The van der Waals surface area contributed by atoms with Gasteiger partial charge < -0.3 is 24.4 Å². The Morgan fingerprint density at radius 1 is 1.15 bits per heavy atom. The number of hydrogen-bond donors (Lipinski definition) is 0. The lowest BCUT2D eigenvalue weighted by molar-refractivity contribution is -0.313. The highest BCUT2D eigenvalue weighted by Gasteiger charge is 2.51. The van der Waals surface area contributed by atoms with Crippen molar-refractivity contribution in [1.29, 1.82) is 0 Å². The smallest absolute Gasteiger partial charge is 0.229 e. The topological polar surface area (TPSA) is 72.9 Å². The molecule has 0 spiro atoms. The number of carboxylic acids is 1. The number of nitrogens with zero attached hydrogens (tertiary/aromatic N) is 2. The molecule has 3 rings (SSSR count). The number of amides is 1. The van der Waals surface area contributed by atoms with Crippen molar-refractivity contribution < 1.29 is 19.4 Å². The van der Waals surface area contributed by atoms with Crippen molar-refractivity contribution in [3.8, 4) is 0 Å². The quantitative estimate of drug-likeness (QED) is 0.586. The average Bonchev–Trinajstić information content (AvgIpc) is 3.07. The molecule has 20 heavy (non-hydrogen) atoms. The Labute approximate surface area is 118 Å². The van der Waals surface area contributed by atoms with Crippen LogP contribution in [0.1, 0.15) is 6.92 Å². The summed E-state index contributed by atoms with van der Waals surface area (Å²) in [5, 5.41) is 11.3. The Morgan fingerprint density at radius 2 is 1.75 bits per heavy atom. The lowest BCUT2D eigenvalue weighted by atomic mass is 9.82. The highest BCUT2D eigenvalue weighted by atomic mass is 16.5. The van der Waals surface area contributed by atoms with Crippen LogP contribution in [0.15, 0.2) is 12.2 Å². The molecule has 0 aliphatic carbocycles.